The Morgan fingerprint density at radius 3 is 2.50 bits per heavy atom. The number of rotatable bonds is 4. The van der Waals surface area contributed by atoms with Crippen LogP contribution in [0.4, 0.5) is 0 Å². The zero-order valence-electron chi connectivity index (χ0n) is 8.89. The number of alkyl halides is 1. The Kier molecular flexibility index (Phi) is 5.06. The molecule has 86 valence electrons. The van der Waals surface area contributed by atoms with Crippen LogP contribution in [0, 0.1) is 0 Å². The first-order valence-corrected chi connectivity index (χ1v) is 6.02. The van der Waals surface area contributed by atoms with Crippen molar-refractivity contribution in [2.75, 3.05) is 0 Å². The predicted molar refractivity (Wildman–Crippen MR) is 67.8 cm³/mol. The van der Waals surface area contributed by atoms with E-state index in [0.29, 0.717) is 5.57 Å². The molecule has 16 heavy (non-hydrogen) atoms. The second-order valence-corrected chi connectivity index (χ2v) is 4.98. The number of carbonyl (C=O) groups is 1. The number of aliphatic hydroxyl groups is 1. The number of thioether (sulfide) groups is 1. The molecule has 2 nitrogen and oxygen atoms in total. The van der Waals surface area contributed by atoms with Crippen LogP contribution in [0.1, 0.15) is 6.92 Å². The van der Waals surface area contributed by atoms with Crippen LogP contribution in [0.2, 0.25) is 0 Å². The lowest BCUT2D eigenvalue weighted by Gasteiger charge is -2.15. The third kappa shape index (κ3) is 3.67. The third-order valence-electron chi connectivity index (χ3n) is 1.97. The first-order chi connectivity index (χ1) is 7.52. The molecule has 1 aromatic rings. The quantitative estimate of drug-likeness (QED) is 0.511. The van der Waals surface area contributed by atoms with Crippen LogP contribution in [-0.4, -0.2) is 21.7 Å². The fourth-order valence-electron chi connectivity index (χ4n) is 1.04. The van der Waals surface area contributed by atoms with Gasteiger partial charge in [0.25, 0.3) is 0 Å². The lowest BCUT2D eigenvalue weighted by Crippen LogP contribution is -2.27. The second kappa shape index (κ2) is 6.09. The highest BCUT2D eigenvalue weighted by Crippen LogP contribution is 2.24. The Hall–Kier alpha value is -0.770. The topological polar surface area (TPSA) is 37.3 Å². The molecule has 2 atom stereocenters. The summed E-state index contributed by atoms with van der Waals surface area (Å²) in [7, 11) is 0. The minimum atomic E-state index is -0.995. The molecule has 4 heteroatoms. The van der Waals surface area contributed by atoms with Crippen LogP contribution in [0.5, 0.6) is 0 Å². The van der Waals surface area contributed by atoms with Gasteiger partial charge >= 0.3 is 0 Å². The third-order valence-corrected chi connectivity index (χ3v) is 3.50. The smallest absolute Gasteiger partial charge is 0.214 e. The van der Waals surface area contributed by atoms with Crippen molar-refractivity contribution in [2.45, 2.75) is 23.3 Å². The molecular weight excluding hydrogens is 244 g/mol. The van der Waals surface area contributed by atoms with E-state index < -0.39 is 11.5 Å². The summed E-state index contributed by atoms with van der Waals surface area (Å²) < 4.78 is 0. The standard InChI is InChI=1S/C12H13ClO2S/c1-8(2)11(14)10(13)12(15)16-9-6-4-3-5-7-9/h3-7,10-11,14H,1H2,2H3/t10-,11-/m0/s1. The molecule has 0 bridgehead atoms. The summed E-state index contributed by atoms with van der Waals surface area (Å²) in [4.78, 5) is 12.5. The molecule has 0 saturated carbocycles. The van der Waals surface area contributed by atoms with Gasteiger partial charge in [0.1, 0.15) is 5.38 Å². The molecule has 0 aliphatic rings. The maximum Gasteiger partial charge on any atom is 0.214 e. The Morgan fingerprint density at radius 1 is 1.44 bits per heavy atom. The maximum absolute atomic E-state index is 11.7. The number of benzene rings is 1. The van der Waals surface area contributed by atoms with Gasteiger partial charge in [-0.05, 0) is 19.1 Å². The van der Waals surface area contributed by atoms with Crippen LogP contribution in [0.3, 0.4) is 0 Å². The Morgan fingerprint density at radius 2 is 2.00 bits per heavy atom. The molecule has 0 aliphatic carbocycles. The van der Waals surface area contributed by atoms with E-state index in [9.17, 15) is 9.90 Å². The summed E-state index contributed by atoms with van der Waals surface area (Å²) in [5.74, 6) is 0. The van der Waals surface area contributed by atoms with Gasteiger partial charge in [0, 0.05) is 4.90 Å². The summed E-state index contributed by atoms with van der Waals surface area (Å²) in [6, 6.07) is 9.19. The number of hydrogen-bond donors (Lipinski definition) is 1. The van der Waals surface area contributed by atoms with Crippen molar-refractivity contribution >= 4 is 28.5 Å². The summed E-state index contributed by atoms with van der Waals surface area (Å²) in [5.41, 5.74) is 0.488. The highest BCUT2D eigenvalue weighted by molar-refractivity contribution is 8.14. The molecule has 0 heterocycles. The van der Waals surface area contributed by atoms with Crippen molar-refractivity contribution in [3.8, 4) is 0 Å². The van der Waals surface area contributed by atoms with Gasteiger partial charge < -0.3 is 5.11 Å². The number of hydrogen-bond acceptors (Lipinski definition) is 3. The van der Waals surface area contributed by atoms with Gasteiger partial charge in [-0.2, -0.15) is 0 Å². The van der Waals surface area contributed by atoms with Crippen molar-refractivity contribution in [3.63, 3.8) is 0 Å². The second-order valence-electron chi connectivity index (χ2n) is 3.43. The molecule has 0 aromatic heterocycles. The van der Waals surface area contributed by atoms with Gasteiger partial charge in [-0.15, -0.1) is 11.6 Å². The Bertz CT molecular complexity index is 378. The van der Waals surface area contributed by atoms with Gasteiger partial charge in [0.2, 0.25) is 5.12 Å². The Balaban J connectivity index is 2.63. The minimum Gasteiger partial charge on any atom is -0.387 e. The summed E-state index contributed by atoms with van der Waals surface area (Å²) in [5, 5.41) is 8.35. The van der Waals surface area contributed by atoms with Gasteiger partial charge in [0.15, 0.2) is 0 Å². The molecule has 1 rings (SSSR count). The highest BCUT2D eigenvalue weighted by atomic mass is 35.5. The fraction of sp³-hybridized carbons (Fsp3) is 0.250. The summed E-state index contributed by atoms with van der Waals surface area (Å²) >= 11 is 6.87. The van der Waals surface area contributed by atoms with Crippen LogP contribution in [-0.2, 0) is 4.79 Å². The number of halogens is 1. The zero-order chi connectivity index (χ0) is 12.1. The van der Waals surface area contributed by atoms with E-state index in [2.05, 4.69) is 6.58 Å². The van der Waals surface area contributed by atoms with Crippen LogP contribution >= 0.6 is 23.4 Å². The number of aliphatic hydroxyl groups excluding tert-OH is 1. The molecule has 0 spiro atoms. The van der Waals surface area contributed by atoms with Crippen molar-refractivity contribution in [3.05, 3.63) is 42.5 Å². The zero-order valence-corrected chi connectivity index (χ0v) is 10.5. The molecule has 1 N–H and O–H groups in total. The van der Waals surface area contributed by atoms with E-state index in [-0.39, 0.29) is 5.12 Å². The van der Waals surface area contributed by atoms with E-state index in [1.807, 2.05) is 30.3 Å². The van der Waals surface area contributed by atoms with Crippen molar-refractivity contribution in [1.29, 1.82) is 0 Å². The summed E-state index contributed by atoms with van der Waals surface area (Å²) in [6.45, 7) is 5.21. The molecule has 1 aromatic carbocycles. The molecule has 0 fully saturated rings. The average Bonchev–Trinajstić information content (AvgIpc) is 2.28. The van der Waals surface area contributed by atoms with Gasteiger partial charge in [-0.1, -0.05) is 42.1 Å². The van der Waals surface area contributed by atoms with Gasteiger partial charge in [-0.25, -0.2) is 0 Å². The van der Waals surface area contributed by atoms with E-state index in [0.717, 1.165) is 16.7 Å². The minimum absolute atomic E-state index is 0.275. The molecule has 0 aliphatic heterocycles. The highest BCUT2D eigenvalue weighted by Gasteiger charge is 2.25. The summed E-state index contributed by atoms with van der Waals surface area (Å²) in [6.07, 6.45) is -0.995. The van der Waals surface area contributed by atoms with Crippen molar-refractivity contribution in [2.24, 2.45) is 0 Å². The van der Waals surface area contributed by atoms with Crippen molar-refractivity contribution in [1.82, 2.24) is 0 Å². The molecule has 0 amide bonds. The average molecular weight is 257 g/mol. The largest absolute Gasteiger partial charge is 0.387 e. The lowest BCUT2D eigenvalue weighted by molar-refractivity contribution is -0.111. The van der Waals surface area contributed by atoms with Crippen molar-refractivity contribution < 1.29 is 9.90 Å². The van der Waals surface area contributed by atoms with Crippen LogP contribution in [0.15, 0.2) is 47.4 Å². The predicted octanol–water partition coefficient (Wildman–Crippen LogP) is 2.85. The first kappa shape index (κ1) is 13.3. The fourth-order valence-corrected chi connectivity index (χ4v) is 2.16. The SMILES string of the molecule is C=C(C)[C@H](O)[C@H](Cl)C(=O)Sc1ccccc1. The normalized spacial score (nSPS) is 14.2. The number of carbonyl (C=O) groups excluding carboxylic acids is 1. The van der Waals surface area contributed by atoms with Gasteiger partial charge in [-0.3, -0.25) is 4.79 Å². The van der Waals surface area contributed by atoms with E-state index in [1.54, 1.807) is 6.92 Å². The monoisotopic (exact) mass is 256 g/mol. The molecule has 0 saturated heterocycles. The maximum atomic E-state index is 11.7. The lowest BCUT2D eigenvalue weighted by atomic mass is 10.1. The molecular formula is C12H13ClO2S. The van der Waals surface area contributed by atoms with E-state index >= 15 is 0 Å². The molecule has 0 radical (unpaired) electrons. The van der Waals surface area contributed by atoms with E-state index in [1.165, 1.54) is 0 Å². The van der Waals surface area contributed by atoms with Crippen LogP contribution in [0.25, 0.3) is 0 Å². The van der Waals surface area contributed by atoms with Crippen LogP contribution < -0.4 is 0 Å². The first-order valence-electron chi connectivity index (χ1n) is 4.76. The van der Waals surface area contributed by atoms with E-state index in [4.69, 9.17) is 11.6 Å². The van der Waals surface area contributed by atoms with Gasteiger partial charge in [0.05, 0.1) is 6.10 Å². The molecule has 0 unspecified atom stereocenters. The Labute approximate surface area is 104 Å².